The van der Waals surface area contributed by atoms with Gasteiger partial charge in [-0.3, -0.25) is 19.4 Å². The molecular formula is C31H34Cl2N4O6S. The van der Waals surface area contributed by atoms with Crippen LogP contribution in [-0.2, 0) is 24.3 Å². The second-order valence-corrected chi connectivity index (χ2v) is 13.8. The quantitative estimate of drug-likeness (QED) is 0.366. The molecule has 1 N–H and O–H groups in total. The maximum absolute atomic E-state index is 13.7. The number of carbonyl (C=O) groups excluding carboxylic acids is 2. The molecule has 44 heavy (non-hydrogen) atoms. The molecule has 0 radical (unpaired) electrons. The highest BCUT2D eigenvalue weighted by molar-refractivity contribution is 7.89. The van der Waals surface area contributed by atoms with Gasteiger partial charge >= 0.3 is 0 Å². The lowest BCUT2D eigenvalue weighted by atomic mass is 10.00. The van der Waals surface area contributed by atoms with Crippen molar-refractivity contribution < 1.29 is 27.5 Å². The highest BCUT2D eigenvalue weighted by atomic mass is 35.5. The molecule has 2 amide bonds. The summed E-state index contributed by atoms with van der Waals surface area (Å²) in [6.45, 7) is 4.68. The molecule has 10 nitrogen and oxygen atoms in total. The Bertz CT molecular complexity index is 1630. The van der Waals surface area contributed by atoms with E-state index in [1.165, 1.54) is 29.4 Å². The minimum absolute atomic E-state index is 0.219. The van der Waals surface area contributed by atoms with E-state index < -0.39 is 16.1 Å². The third kappa shape index (κ3) is 6.88. The number of benzene rings is 3. The fraction of sp³-hybridized carbons (Fsp3) is 0.355. The standard InChI is InChI=1S/C31H34Cl2N4O6S/c1-20(37-28-16-25(32)26(33)17-29(28)43-19-30(37)38)31(39)34-27(18-36-12-14-42-15-13-36)23-6-4-21(5-7-23)22-8-10-24(11-9-22)44(40,41)35(2)3/h4-11,16-17,20,27H,12-15,18-19H2,1-3H3,(H,34,39). The number of nitrogens with zero attached hydrogens (tertiary/aromatic N) is 3. The SMILES string of the molecule is CC(C(=O)NC(CN1CCOCC1)c1ccc(-c2ccc(S(=O)(=O)N(C)C)cc2)cc1)N1C(=O)COc2cc(Cl)c(Cl)cc21. The van der Waals surface area contributed by atoms with Gasteiger partial charge in [0.25, 0.3) is 5.91 Å². The zero-order valence-corrected chi connectivity index (χ0v) is 27.0. The lowest BCUT2D eigenvalue weighted by Gasteiger charge is -2.35. The van der Waals surface area contributed by atoms with Crippen LogP contribution in [0.4, 0.5) is 5.69 Å². The number of halogens is 2. The number of hydrogen-bond acceptors (Lipinski definition) is 7. The van der Waals surface area contributed by atoms with Crippen molar-refractivity contribution in [3.05, 3.63) is 76.3 Å². The number of morpholine rings is 1. The van der Waals surface area contributed by atoms with Crippen molar-refractivity contribution in [1.82, 2.24) is 14.5 Å². The zero-order chi connectivity index (χ0) is 31.6. The smallest absolute Gasteiger partial charge is 0.265 e. The van der Waals surface area contributed by atoms with E-state index in [9.17, 15) is 18.0 Å². The van der Waals surface area contributed by atoms with E-state index in [1.807, 2.05) is 24.3 Å². The molecule has 5 rings (SSSR count). The maximum atomic E-state index is 13.7. The average molecular weight is 662 g/mol. The van der Waals surface area contributed by atoms with E-state index in [-0.39, 0.29) is 34.4 Å². The van der Waals surface area contributed by atoms with Gasteiger partial charge in [0.15, 0.2) is 6.61 Å². The molecule has 3 aromatic rings. The Labute approximate surface area is 267 Å². The number of anilines is 1. The molecule has 2 unspecified atom stereocenters. The summed E-state index contributed by atoms with van der Waals surface area (Å²) < 4.78 is 37.1. The van der Waals surface area contributed by atoms with Gasteiger partial charge in [0.2, 0.25) is 15.9 Å². The Kier molecular flexibility index (Phi) is 9.83. The Morgan fingerprint density at radius 1 is 0.977 bits per heavy atom. The molecular weight excluding hydrogens is 627 g/mol. The number of sulfonamides is 1. The van der Waals surface area contributed by atoms with Crippen molar-refractivity contribution in [3.8, 4) is 16.9 Å². The summed E-state index contributed by atoms with van der Waals surface area (Å²) in [7, 11) is -0.527. The van der Waals surface area contributed by atoms with Crippen LogP contribution in [0.3, 0.4) is 0 Å². The van der Waals surface area contributed by atoms with Crippen molar-refractivity contribution in [3.63, 3.8) is 0 Å². The molecule has 0 saturated carbocycles. The van der Waals surface area contributed by atoms with E-state index >= 15 is 0 Å². The van der Waals surface area contributed by atoms with Crippen LogP contribution in [0.15, 0.2) is 65.6 Å². The Hall–Kier alpha value is -3.19. The summed E-state index contributed by atoms with van der Waals surface area (Å²) in [4.78, 5) is 30.5. The highest BCUT2D eigenvalue weighted by Crippen LogP contribution is 2.39. The number of amides is 2. The first-order chi connectivity index (χ1) is 21.0. The molecule has 13 heteroatoms. The summed E-state index contributed by atoms with van der Waals surface area (Å²) in [5, 5.41) is 3.70. The number of carbonyl (C=O) groups is 2. The summed E-state index contributed by atoms with van der Waals surface area (Å²) >= 11 is 12.4. The minimum atomic E-state index is -3.52. The van der Waals surface area contributed by atoms with E-state index in [2.05, 4.69) is 10.2 Å². The van der Waals surface area contributed by atoms with Crippen LogP contribution in [0.1, 0.15) is 18.5 Å². The molecule has 234 valence electrons. The molecule has 0 bridgehead atoms. The van der Waals surface area contributed by atoms with Crippen LogP contribution in [0.5, 0.6) is 5.75 Å². The number of ether oxygens (including phenoxy) is 2. The predicted octanol–water partition coefficient (Wildman–Crippen LogP) is 4.21. The molecule has 0 spiro atoms. The molecule has 2 atom stereocenters. The summed E-state index contributed by atoms with van der Waals surface area (Å²) in [6.07, 6.45) is 0. The second kappa shape index (κ2) is 13.4. The van der Waals surface area contributed by atoms with Crippen molar-refractivity contribution in [2.24, 2.45) is 0 Å². The van der Waals surface area contributed by atoms with Crippen molar-refractivity contribution >= 4 is 50.7 Å². The van der Waals surface area contributed by atoms with Crippen LogP contribution < -0.4 is 15.0 Å². The minimum Gasteiger partial charge on any atom is -0.482 e. The first-order valence-corrected chi connectivity index (χ1v) is 16.3. The lowest BCUT2D eigenvalue weighted by Crippen LogP contribution is -2.53. The fourth-order valence-corrected chi connectivity index (χ4v) is 6.43. The monoisotopic (exact) mass is 660 g/mol. The van der Waals surface area contributed by atoms with Gasteiger partial charge in [-0.05, 0) is 41.8 Å². The second-order valence-electron chi connectivity index (χ2n) is 10.9. The molecule has 0 aromatic heterocycles. The van der Waals surface area contributed by atoms with E-state index in [1.54, 1.807) is 37.3 Å². The average Bonchev–Trinajstić information content (AvgIpc) is 3.02. The molecule has 1 fully saturated rings. The van der Waals surface area contributed by atoms with Crippen LogP contribution >= 0.6 is 23.2 Å². The number of nitrogens with one attached hydrogen (secondary N) is 1. The van der Waals surface area contributed by atoms with Gasteiger partial charge in [-0.25, -0.2) is 12.7 Å². The Balaban J connectivity index is 1.38. The Morgan fingerprint density at radius 3 is 2.18 bits per heavy atom. The fourth-order valence-electron chi connectivity index (χ4n) is 5.21. The molecule has 0 aliphatic carbocycles. The predicted molar refractivity (Wildman–Crippen MR) is 170 cm³/mol. The highest BCUT2D eigenvalue weighted by Gasteiger charge is 2.35. The van der Waals surface area contributed by atoms with Crippen molar-refractivity contribution in [1.29, 1.82) is 0 Å². The third-order valence-corrected chi connectivity index (χ3v) is 10.3. The van der Waals surface area contributed by atoms with Crippen LogP contribution in [0.25, 0.3) is 11.1 Å². The van der Waals surface area contributed by atoms with Crippen LogP contribution in [0, 0.1) is 0 Å². The van der Waals surface area contributed by atoms with Gasteiger partial charge in [0.05, 0.1) is 39.9 Å². The van der Waals surface area contributed by atoms with Gasteiger partial charge in [-0.1, -0.05) is 59.6 Å². The van der Waals surface area contributed by atoms with E-state index in [0.29, 0.717) is 36.2 Å². The molecule has 2 aliphatic heterocycles. The van der Waals surface area contributed by atoms with Gasteiger partial charge in [0.1, 0.15) is 11.8 Å². The summed E-state index contributed by atoms with van der Waals surface area (Å²) in [6, 6.07) is 16.4. The molecule has 2 aliphatic rings. The van der Waals surface area contributed by atoms with E-state index in [0.717, 1.165) is 29.8 Å². The first kappa shape index (κ1) is 32.2. The number of fused-ring (bicyclic) bond motifs is 1. The number of hydrogen-bond donors (Lipinski definition) is 1. The lowest BCUT2D eigenvalue weighted by molar-refractivity contribution is -0.128. The van der Waals surface area contributed by atoms with Crippen molar-refractivity contribution in [2.75, 3.05) is 58.5 Å². The van der Waals surface area contributed by atoms with E-state index in [4.69, 9.17) is 32.7 Å². The Morgan fingerprint density at radius 2 is 1.57 bits per heavy atom. The van der Waals surface area contributed by atoms with Gasteiger partial charge in [0, 0.05) is 39.8 Å². The van der Waals surface area contributed by atoms with Gasteiger partial charge < -0.3 is 14.8 Å². The normalized spacial score (nSPS) is 17.1. The van der Waals surface area contributed by atoms with Gasteiger partial charge in [-0.2, -0.15) is 0 Å². The summed E-state index contributed by atoms with van der Waals surface area (Å²) in [5.74, 6) is -0.319. The maximum Gasteiger partial charge on any atom is 0.265 e. The third-order valence-electron chi connectivity index (χ3n) is 7.79. The van der Waals surface area contributed by atoms with Crippen molar-refractivity contribution in [2.45, 2.75) is 23.9 Å². The van der Waals surface area contributed by atoms with Gasteiger partial charge in [-0.15, -0.1) is 0 Å². The van der Waals surface area contributed by atoms with Crippen LogP contribution in [-0.4, -0.2) is 89.0 Å². The molecule has 3 aromatic carbocycles. The number of rotatable bonds is 9. The topological polar surface area (TPSA) is 108 Å². The molecule has 1 saturated heterocycles. The zero-order valence-electron chi connectivity index (χ0n) is 24.6. The summed E-state index contributed by atoms with van der Waals surface area (Å²) in [5.41, 5.74) is 3.03. The first-order valence-electron chi connectivity index (χ1n) is 14.1. The van der Waals surface area contributed by atoms with Crippen LogP contribution in [0.2, 0.25) is 10.0 Å². The largest absolute Gasteiger partial charge is 0.482 e. The molecule has 2 heterocycles.